The van der Waals surface area contributed by atoms with Crippen LogP contribution in [0.4, 0.5) is 0 Å². The molecule has 1 aromatic carbocycles. The lowest BCUT2D eigenvalue weighted by molar-refractivity contribution is 0.0942. The molecule has 0 spiro atoms. The minimum atomic E-state index is -0.414. The zero-order chi connectivity index (χ0) is 14.0. The number of halogens is 2. The normalized spacial score (nSPS) is 17.1. The molecule has 19 heavy (non-hydrogen) atoms. The second-order valence-corrected chi connectivity index (χ2v) is 6.21. The number of hydrogen-bond donors (Lipinski definition) is 3. The molecule has 1 amide bonds. The first-order chi connectivity index (χ1) is 9.02. The van der Waals surface area contributed by atoms with E-state index in [1.807, 2.05) is 6.07 Å². The highest BCUT2D eigenvalue weighted by Gasteiger charge is 2.35. The first-order valence-corrected chi connectivity index (χ1v) is 7.35. The van der Waals surface area contributed by atoms with Crippen molar-refractivity contribution in [1.29, 1.82) is 0 Å². The Bertz CT molecular complexity index is 530. The van der Waals surface area contributed by atoms with Gasteiger partial charge < -0.3 is 16.3 Å². The van der Waals surface area contributed by atoms with Crippen molar-refractivity contribution >= 4 is 43.6 Å². The third kappa shape index (κ3) is 3.48. The van der Waals surface area contributed by atoms with E-state index < -0.39 is 6.04 Å². The molecule has 1 aliphatic carbocycles. The van der Waals surface area contributed by atoms with Crippen LogP contribution in [0.25, 0.3) is 0 Å². The molecule has 1 saturated carbocycles. The summed E-state index contributed by atoms with van der Waals surface area (Å²) in [6, 6.07) is 4.93. The van der Waals surface area contributed by atoms with Crippen LogP contribution in [0.15, 0.2) is 32.3 Å². The van der Waals surface area contributed by atoms with Gasteiger partial charge in [0, 0.05) is 8.95 Å². The predicted octanol–water partition coefficient (Wildman–Crippen LogP) is 2.47. The lowest BCUT2D eigenvalue weighted by Gasteiger charge is -2.17. The molecular formula is C12H13Br2N3O2. The molecule has 0 saturated heterocycles. The molecule has 2 rings (SSSR count). The molecule has 0 radical (unpaired) electrons. The number of nitrogens with two attached hydrogens (primary N) is 1. The number of nitrogens with one attached hydrogen (secondary N) is 1. The summed E-state index contributed by atoms with van der Waals surface area (Å²) < 4.78 is 1.51. The first kappa shape index (κ1) is 14.3. The highest BCUT2D eigenvalue weighted by atomic mass is 79.9. The molecule has 5 nitrogen and oxygen atoms in total. The van der Waals surface area contributed by atoms with E-state index in [1.54, 1.807) is 12.1 Å². The number of rotatable bonds is 4. The Morgan fingerprint density at radius 1 is 1.47 bits per heavy atom. The van der Waals surface area contributed by atoms with Crippen LogP contribution in [0.5, 0.6) is 0 Å². The van der Waals surface area contributed by atoms with Crippen molar-refractivity contribution in [3.8, 4) is 0 Å². The summed E-state index contributed by atoms with van der Waals surface area (Å²) in [5, 5.41) is 14.6. The summed E-state index contributed by atoms with van der Waals surface area (Å²) in [7, 11) is 0. The van der Waals surface area contributed by atoms with Crippen LogP contribution >= 0.6 is 31.9 Å². The van der Waals surface area contributed by atoms with Crippen molar-refractivity contribution in [2.45, 2.75) is 18.9 Å². The molecule has 1 fully saturated rings. The third-order valence-electron chi connectivity index (χ3n) is 2.99. The molecule has 1 atom stereocenters. The van der Waals surface area contributed by atoms with Crippen LogP contribution in [-0.2, 0) is 0 Å². The smallest absolute Gasteiger partial charge is 0.253 e. The quantitative estimate of drug-likeness (QED) is 0.319. The maximum absolute atomic E-state index is 12.2. The highest BCUT2D eigenvalue weighted by Crippen LogP contribution is 2.33. The maximum atomic E-state index is 12.2. The van der Waals surface area contributed by atoms with E-state index in [4.69, 9.17) is 10.9 Å². The van der Waals surface area contributed by atoms with E-state index in [9.17, 15) is 4.79 Å². The summed E-state index contributed by atoms with van der Waals surface area (Å²) in [6.07, 6.45) is 1.95. The lowest BCUT2D eigenvalue weighted by Crippen LogP contribution is -2.46. The number of amidine groups is 1. The number of nitrogens with zero attached hydrogens (tertiary/aromatic N) is 1. The Kier molecular flexibility index (Phi) is 4.46. The average Bonchev–Trinajstić information content (AvgIpc) is 3.22. The summed E-state index contributed by atoms with van der Waals surface area (Å²) in [6.45, 7) is 0. The number of carbonyl (C=O) groups excluding carboxylic acids is 1. The second-order valence-electron chi connectivity index (χ2n) is 4.44. The van der Waals surface area contributed by atoms with Gasteiger partial charge in [-0.1, -0.05) is 21.1 Å². The van der Waals surface area contributed by atoms with Crippen molar-refractivity contribution in [1.82, 2.24) is 5.32 Å². The van der Waals surface area contributed by atoms with Gasteiger partial charge in [0.05, 0.1) is 11.6 Å². The van der Waals surface area contributed by atoms with E-state index in [2.05, 4.69) is 42.3 Å². The van der Waals surface area contributed by atoms with Crippen molar-refractivity contribution in [2.24, 2.45) is 16.8 Å². The zero-order valence-corrected chi connectivity index (χ0v) is 13.1. The summed E-state index contributed by atoms with van der Waals surface area (Å²) >= 11 is 6.66. The van der Waals surface area contributed by atoms with Crippen molar-refractivity contribution < 1.29 is 10.0 Å². The summed E-state index contributed by atoms with van der Waals surface area (Å²) in [5.74, 6) is 0.0458. The largest absolute Gasteiger partial charge is 0.409 e. The van der Waals surface area contributed by atoms with Gasteiger partial charge in [0.15, 0.2) is 5.84 Å². The van der Waals surface area contributed by atoms with E-state index in [-0.39, 0.29) is 17.7 Å². The van der Waals surface area contributed by atoms with Crippen LogP contribution < -0.4 is 11.1 Å². The van der Waals surface area contributed by atoms with Gasteiger partial charge in [0.1, 0.15) is 0 Å². The Hall–Kier alpha value is -1.08. The minimum absolute atomic E-state index is 0.0435. The highest BCUT2D eigenvalue weighted by molar-refractivity contribution is 9.11. The Labute approximate surface area is 127 Å². The van der Waals surface area contributed by atoms with E-state index in [0.717, 1.165) is 17.3 Å². The fourth-order valence-corrected chi connectivity index (χ4v) is 2.60. The lowest BCUT2D eigenvalue weighted by atomic mass is 10.1. The molecule has 0 bridgehead atoms. The molecule has 1 aromatic rings. The monoisotopic (exact) mass is 389 g/mol. The Morgan fingerprint density at radius 2 is 2.16 bits per heavy atom. The molecule has 1 unspecified atom stereocenters. The topological polar surface area (TPSA) is 87.7 Å². The molecular weight excluding hydrogens is 378 g/mol. The fourth-order valence-electron chi connectivity index (χ4n) is 1.82. The molecule has 0 aromatic heterocycles. The van der Waals surface area contributed by atoms with Gasteiger partial charge in [-0.15, -0.1) is 0 Å². The van der Waals surface area contributed by atoms with E-state index in [0.29, 0.717) is 10.0 Å². The third-order valence-corrected chi connectivity index (χ3v) is 4.17. The minimum Gasteiger partial charge on any atom is -0.409 e. The number of carbonyl (C=O) groups is 1. The fraction of sp³-hybridized carbons (Fsp3) is 0.333. The Morgan fingerprint density at radius 3 is 2.74 bits per heavy atom. The van der Waals surface area contributed by atoms with Gasteiger partial charge in [0.2, 0.25) is 0 Å². The van der Waals surface area contributed by atoms with Gasteiger partial charge in [-0.05, 0) is 52.9 Å². The van der Waals surface area contributed by atoms with Crippen LogP contribution in [-0.4, -0.2) is 23.0 Å². The van der Waals surface area contributed by atoms with Crippen molar-refractivity contribution in [3.05, 3.63) is 32.7 Å². The van der Waals surface area contributed by atoms with Gasteiger partial charge in [-0.2, -0.15) is 0 Å². The molecule has 4 N–H and O–H groups in total. The number of hydrogen-bond acceptors (Lipinski definition) is 3. The Balaban J connectivity index is 2.17. The van der Waals surface area contributed by atoms with Crippen LogP contribution in [0.1, 0.15) is 23.2 Å². The summed E-state index contributed by atoms with van der Waals surface area (Å²) in [5.41, 5.74) is 6.12. The number of benzene rings is 1. The van der Waals surface area contributed by atoms with Crippen LogP contribution in [0, 0.1) is 5.92 Å². The van der Waals surface area contributed by atoms with E-state index in [1.165, 1.54) is 0 Å². The maximum Gasteiger partial charge on any atom is 0.253 e. The second kappa shape index (κ2) is 5.92. The van der Waals surface area contributed by atoms with Crippen molar-refractivity contribution in [3.63, 3.8) is 0 Å². The molecule has 0 heterocycles. The number of amides is 1. The first-order valence-electron chi connectivity index (χ1n) is 5.76. The predicted molar refractivity (Wildman–Crippen MR) is 79.2 cm³/mol. The molecule has 102 valence electrons. The van der Waals surface area contributed by atoms with E-state index >= 15 is 0 Å². The van der Waals surface area contributed by atoms with Gasteiger partial charge in [-0.25, -0.2) is 0 Å². The van der Waals surface area contributed by atoms with Crippen LogP contribution in [0.2, 0.25) is 0 Å². The number of oxime groups is 1. The zero-order valence-electron chi connectivity index (χ0n) is 9.94. The summed E-state index contributed by atoms with van der Waals surface area (Å²) in [4.78, 5) is 12.2. The van der Waals surface area contributed by atoms with Gasteiger partial charge >= 0.3 is 0 Å². The molecule has 7 heteroatoms. The van der Waals surface area contributed by atoms with Crippen LogP contribution in [0.3, 0.4) is 0 Å². The van der Waals surface area contributed by atoms with Crippen molar-refractivity contribution in [2.75, 3.05) is 0 Å². The van der Waals surface area contributed by atoms with Gasteiger partial charge in [-0.3, -0.25) is 4.79 Å². The standard InChI is InChI=1S/C12H13Br2N3O2/c13-7-3-4-9(14)8(5-7)12(18)16-10(6-1-2-6)11(15)17-19/h3-6,10,19H,1-2H2,(H2,15,17)(H,16,18). The van der Waals surface area contributed by atoms with Gasteiger partial charge in [0.25, 0.3) is 5.91 Å². The molecule has 1 aliphatic rings. The molecule has 0 aliphatic heterocycles. The average molecular weight is 391 g/mol. The SMILES string of the molecule is N/C(=N/O)C(NC(=O)c1cc(Br)ccc1Br)C1CC1.